The number of H-pyrrole nitrogens is 1. The van der Waals surface area contributed by atoms with Gasteiger partial charge in [0.25, 0.3) is 5.91 Å². The number of nitrogens with one attached hydrogen (secondary N) is 1. The second kappa shape index (κ2) is 6.84. The topological polar surface area (TPSA) is 69.2 Å². The Bertz CT molecular complexity index is 649. The minimum absolute atomic E-state index is 0.0207. The molecule has 2 N–H and O–H groups in total. The summed E-state index contributed by atoms with van der Waals surface area (Å²) in [5.41, 5.74) is 2.21. The molecular weight excluding hydrogens is 310 g/mol. The monoisotopic (exact) mass is 333 g/mol. The molecule has 0 unspecified atom stereocenters. The Kier molecular flexibility index (Phi) is 4.82. The van der Waals surface area contributed by atoms with Gasteiger partial charge in [0.05, 0.1) is 12.3 Å². The molecule has 1 atom stereocenters. The zero-order chi connectivity index (χ0) is 16.3. The molecule has 23 heavy (non-hydrogen) atoms. The van der Waals surface area contributed by atoms with E-state index in [1.165, 1.54) is 0 Å². The van der Waals surface area contributed by atoms with E-state index in [0.29, 0.717) is 12.2 Å². The molecule has 124 valence electrons. The number of aromatic amines is 1. The van der Waals surface area contributed by atoms with Gasteiger partial charge in [0, 0.05) is 29.4 Å². The van der Waals surface area contributed by atoms with Crippen molar-refractivity contribution in [3.8, 4) is 11.3 Å². The lowest BCUT2D eigenvalue weighted by Gasteiger charge is -2.41. The quantitative estimate of drug-likeness (QED) is 0.883. The number of piperidine rings is 1. The molecule has 3 heterocycles. The molecule has 5 nitrogen and oxygen atoms in total. The maximum atomic E-state index is 12.8. The van der Waals surface area contributed by atoms with Gasteiger partial charge in [-0.05, 0) is 36.8 Å². The number of carbonyl (C=O) groups excluding carboxylic acids is 1. The van der Waals surface area contributed by atoms with Crippen LogP contribution in [0.25, 0.3) is 11.3 Å². The van der Waals surface area contributed by atoms with Crippen molar-refractivity contribution in [1.82, 2.24) is 15.1 Å². The summed E-state index contributed by atoms with van der Waals surface area (Å²) in [7, 11) is 0. The van der Waals surface area contributed by atoms with Crippen molar-refractivity contribution in [2.24, 2.45) is 5.41 Å². The van der Waals surface area contributed by atoms with Crippen LogP contribution < -0.4 is 0 Å². The average Bonchev–Trinajstić information content (AvgIpc) is 3.25. The highest BCUT2D eigenvalue weighted by molar-refractivity contribution is 7.08. The predicted molar refractivity (Wildman–Crippen MR) is 91.5 cm³/mol. The van der Waals surface area contributed by atoms with Gasteiger partial charge in [-0.15, -0.1) is 0 Å². The number of aromatic nitrogens is 2. The number of rotatable bonds is 5. The fourth-order valence-corrected chi connectivity index (χ4v) is 4.13. The van der Waals surface area contributed by atoms with Crippen LogP contribution in [0.5, 0.6) is 0 Å². The number of nitrogens with zero attached hydrogens (tertiary/aromatic N) is 2. The summed E-state index contributed by atoms with van der Waals surface area (Å²) < 4.78 is 0. The Morgan fingerprint density at radius 3 is 3.13 bits per heavy atom. The summed E-state index contributed by atoms with van der Waals surface area (Å²) in [6.07, 6.45) is 3.91. The summed E-state index contributed by atoms with van der Waals surface area (Å²) >= 11 is 1.61. The normalized spacial score (nSPS) is 21.6. The molecule has 1 aliphatic heterocycles. The first kappa shape index (κ1) is 16.2. The molecule has 1 aliphatic rings. The van der Waals surface area contributed by atoms with E-state index >= 15 is 0 Å². The number of aliphatic hydroxyl groups excluding tert-OH is 1. The lowest BCUT2D eigenvalue weighted by Crippen LogP contribution is -2.48. The molecule has 1 fully saturated rings. The third kappa shape index (κ3) is 3.33. The fourth-order valence-electron chi connectivity index (χ4n) is 3.48. The highest BCUT2D eigenvalue weighted by Crippen LogP contribution is 2.34. The van der Waals surface area contributed by atoms with Gasteiger partial charge in [-0.2, -0.15) is 16.4 Å². The van der Waals surface area contributed by atoms with Gasteiger partial charge in [0.1, 0.15) is 5.69 Å². The molecule has 0 saturated carbocycles. The van der Waals surface area contributed by atoms with Crippen LogP contribution in [0.1, 0.15) is 43.1 Å². The zero-order valence-electron chi connectivity index (χ0n) is 13.4. The van der Waals surface area contributed by atoms with Crippen molar-refractivity contribution in [2.75, 3.05) is 19.7 Å². The molecule has 1 amide bonds. The molecule has 3 rings (SSSR count). The number of likely N-dealkylation sites (tertiary alicyclic amines) is 1. The second-order valence-electron chi connectivity index (χ2n) is 6.42. The first-order chi connectivity index (χ1) is 11.2. The fraction of sp³-hybridized carbons (Fsp3) is 0.529. The van der Waals surface area contributed by atoms with Crippen molar-refractivity contribution in [1.29, 1.82) is 0 Å². The maximum Gasteiger partial charge on any atom is 0.271 e. The summed E-state index contributed by atoms with van der Waals surface area (Å²) in [6, 6.07) is 3.81. The third-order valence-electron chi connectivity index (χ3n) is 4.69. The van der Waals surface area contributed by atoms with E-state index < -0.39 is 0 Å². The highest BCUT2D eigenvalue weighted by atomic mass is 32.1. The Balaban J connectivity index is 1.75. The molecule has 0 spiro atoms. The molecule has 2 aromatic heterocycles. The minimum Gasteiger partial charge on any atom is -0.396 e. The summed E-state index contributed by atoms with van der Waals surface area (Å²) in [4.78, 5) is 14.6. The summed E-state index contributed by atoms with van der Waals surface area (Å²) in [5, 5.41) is 21.0. The van der Waals surface area contributed by atoms with Crippen LogP contribution in [0, 0.1) is 5.41 Å². The van der Waals surface area contributed by atoms with Crippen LogP contribution in [0.15, 0.2) is 22.9 Å². The first-order valence-electron chi connectivity index (χ1n) is 8.15. The van der Waals surface area contributed by atoms with Gasteiger partial charge in [-0.3, -0.25) is 9.89 Å². The van der Waals surface area contributed by atoms with E-state index in [4.69, 9.17) is 0 Å². The molecule has 0 aromatic carbocycles. The second-order valence-corrected chi connectivity index (χ2v) is 7.20. The number of thiophene rings is 1. The number of hydrogen-bond donors (Lipinski definition) is 2. The van der Waals surface area contributed by atoms with E-state index in [2.05, 4.69) is 17.1 Å². The smallest absolute Gasteiger partial charge is 0.271 e. The number of aliphatic hydroxyl groups is 1. The van der Waals surface area contributed by atoms with E-state index in [1.807, 2.05) is 27.8 Å². The van der Waals surface area contributed by atoms with Crippen molar-refractivity contribution in [2.45, 2.75) is 32.6 Å². The molecular formula is C17H23N3O2S. The molecule has 1 saturated heterocycles. The van der Waals surface area contributed by atoms with Crippen LogP contribution in [-0.2, 0) is 0 Å². The van der Waals surface area contributed by atoms with E-state index in [9.17, 15) is 9.90 Å². The van der Waals surface area contributed by atoms with Crippen molar-refractivity contribution >= 4 is 17.2 Å². The van der Waals surface area contributed by atoms with Crippen LogP contribution in [0.3, 0.4) is 0 Å². The van der Waals surface area contributed by atoms with Crippen LogP contribution in [-0.4, -0.2) is 45.8 Å². The number of amides is 1. The van der Waals surface area contributed by atoms with Gasteiger partial charge in [-0.1, -0.05) is 13.3 Å². The Morgan fingerprint density at radius 1 is 1.57 bits per heavy atom. The minimum atomic E-state index is -0.140. The van der Waals surface area contributed by atoms with E-state index in [1.54, 1.807) is 11.3 Å². The average molecular weight is 333 g/mol. The highest BCUT2D eigenvalue weighted by Gasteiger charge is 2.36. The molecule has 6 heteroatoms. The SMILES string of the molecule is CCC[C@]1(CO)CCCN(C(=O)c2cc(-c3ccsc3)n[nH]2)C1. The lowest BCUT2D eigenvalue weighted by atomic mass is 9.77. The van der Waals surface area contributed by atoms with Gasteiger partial charge >= 0.3 is 0 Å². The third-order valence-corrected chi connectivity index (χ3v) is 5.37. The van der Waals surface area contributed by atoms with E-state index in [-0.39, 0.29) is 17.9 Å². The molecule has 0 aliphatic carbocycles. The number of carbonyl (C=O) groups is 1. The van der Waals surface area contributed by atoms with Gasteiger partial charge in [0.15, 0.2) is 0 Å². The van der Waals surface area contributed by atoms with Crippen LogP contribution in [0.4, 0.5) is 0 Å². The molecule has 0 bridgehead atoms. The van der Waals surface area contributed by atoms with Gasteiger partial charge in [-0.25, -0.2) is 0 Å². The Hall–Kier alpha value is -1.66. The first-order valence-corrected chi connectivity index (χ1v) is 9.10. The lowest BCUT2D eigenvalue weighted by molar-refractivity contribution is 0.0219. The summed E-state index contributed by atoms with van der Waals surface area (Å²) in [5.74, 6) is -0.0207. The van der Waals surface area contributed by atoms with Crippen molar-refractivity contribution in [3.63, 3.8) is 0 Å². The zero-order valence-corrected chi connectivity index (χ0v) is 14.2. The molecule has 2 aromatic rings. The standard InChI is InChI=1S/C17H23N3O2S/c1-2-5-17(12-21)6-3-7-20(11-17)16(22)15-9-14(18-19-15)13-4-8-23-10-13/h4,8-10,21H,2-3,5-7,11-12H2,1H3,(H,18,19)/t17-/m0/s1. The maximum absolute atomic E-state index is 12.8. The van der Waals surface area contributed by atoms with E-state index in [0.717, 1.165) is 43.5 Å². The Labute approximate surface area is 140 Å². The summed E-state index contributed by atoms with van der Waals surface area (Å²) in [6.45, 7) is 3.65. The van der Waals surface area contributed by atoms with Gasteiger partial charge in [0.2, 0.25) is 0 Å². The van der Waals surface area contributed by atoms with Crippen LogP contribution in [0.2, 0.25) is 0 Å². The van der Waals surface area contributed by atoms with Gasteiger partial charge < -0.3 is 10.0 Å². The number of hydrogen-bond acceptors (Lipinski definition) is 4. The van der Waals surface area contributed by atoms with Crippen molar-refractivity contribution < 1.29 is 9.90 Å². The van der Waals surface area contributed by atoms with Crippen LogP contribution >= 0.6 is 11.3 Å². The predicted octanol–water partition coefficient (Wildman–Crippen LogP) is 3.15. The largest absolute Gasteiger partial charge is 0.396 e. The van der Waals surface area contributed by atoms with Crippen molar-refractivity contribution in [3.05, 3.63) is 28.6 Å². The molecule has 0 radical (unpaired) electrons. The Morgan fingerprint density at radius 2 is 2.43 bits per heavy atom.